The summed E-state index contributed by atoms with van der Waals surface area (Å²) < 4.78 is 38.0. The highest BCUT2D eigenvalue weighted by atomic mass is 19.1. The van der Waals surface area contributed by atoms with Crippen LogP contribution in [-0.2, 0) is 6.42 Å². The number of hydrogen-bond acceptors (Lipinski definition) is 5. The molecule has 1 aliphatic heterocycles. The highest BCUT2D eigenvalue weighted by Crippen LogP contribution is 2.33. The van der Waals surface area contributed by atoms with Gasteiger partial charge in [-0.2, -0.15) is 0 Å². The number of rotatable bonds is 5. The van der Waals surface area contributed by atoms with E-state index in [1.165, 1.54) is 30.3 Å². The summed E-state index contributed by atoms with van der Waals surface area (Å²) in [5.74, 6) is 0.196. The van der Waals surface area contributed by atoms with Crippen molar-refractivity contribution in [3.63, 3.8) is 0 Å². The SMILES string of the molecule is O=C(c1cc(-c2cccc(F)c2)no1)N1CCCC[C@@H]1c1ncc(Cc2ccc(F)cc2)o1. The maximum absolute atomic E-state index is 13.5. The number of amides is 1. The number of carbonyl (C=O) groups is 1. The van der Waals surface area contributed by atoms with Crippen LogP contribution < -0.4 is 0 Å². The molecular weight excluding hydrogens is 428 g/mol. The zero-order valence-corrected chi connectivity index (χ0v) is 17.7. The third-order valence-corrected chi connectivity index (χ3v) is 5.75. The third-order valence-electron chi connectivity index (χ3n) is 5.75. The Hall–Kier alpha value is -3.81. The number of carbonyl (C=O) groups excluding carboxylic acids is 1. The fourth-order valence-electron chi connectivity index (χ4n) is 4.09. The fraction of sp³-hybridized carbons (Fsp3) is 0.240. The molecule has 3 heterocycles. The molecule has 1 amide bonds. The summed E-state index contributed by atoms with van der Waals surface area (Å²) in [6, 6.07) is 13.4. The summed E-state index contributed by atoms with van der Waals surface area (Å²) >= 11 is 0. The van der Waals surface area contributed by atoms with E-state index in [9.17, 15) is 13.6 Å². The van der Waals surface area contributed by atoms with Gasteiger partial charge in [0.25, 0.3) is 5.91 Å². The maximum Gasteiger partial charge on any atom is 0.293 e. The first kappa shape index (κ1) is 21.1. The monoisotopic (exact) mass is 449 g/mol. The lowest BCUT2D eigenvalue weighted by atomic mass is 10.0. The summed E-state index contributed by atoms with van der Waals surface area (Å²) in [6.07, 6.45) is 4.64. The third kappa shape index (κ3) is 4.55. The van der Waals surface area contributed by atoms with E-state index in [2.05, 4.69) is 10.1 Å². The molecule has 0 radical (unpaired) electrons. The Balaban J connectivity index is 1.34. The number of nitrogens with zero attached hydrogens (tertiary/aromatic N) is 3. The van der Waals surface area contributed by atoms with Crippen LogP contribution in [-0.4, -0.2) is 27.5 Å². The first-order valence-electron chi connectivity index (χ1n) is 10.8. The summed E-state index contributed by atoms with van der Waals surface area (Å²) in [5.41, 5.74) is 1.83. The lowest BCUT2D eigenvalue weighted by Crippen LogP contribution is -2.38. The van der Waals surface area contributed by atoms with Gasteiger partial charge in [-0.25, -0.2) is 13.8 Å². The zero-order valence-electron chi connectivity index (χ0n) is 17.7. The van der Waals surface area contributed by atoms with Crippen molar-refractivity contribution in [2.75, 3.05) is 6.54 Å². The first-order valence-corrected chi connectivity index (χ1v) is 10.8. The Morgan fingerprint density at radius 2 is 1.91 bits per heavy atom. The zero-order chi connectivity index (χ0) is 22.8. The summed E-state index contributed by atoms with van der Waals surface area (Å²) in [7, 11) is 0. The highest BCUT2D eigenvalue weighted by molar-refractivity contribution is 5.92. The van der Waals surface area contributed by atoms with Gasteiger partial charge in [0.2, 0.25) is 11.7 Å². The van der Waals surface area contributed by atoms with Gasteiger partial charge in [-0.3, -0.25) is 4.79 Å². The van der Waals surface area contributed by atoms with E-state index in [0.29, 0.717) is 42.3 Å². The number of benzene rings is 2. The molecule has 168 valence electrons. The molecule has 0 N–H and O–H groups in total. The fourth-order valence-corrected chi connectivity index (χ4v) is 4.09. The quantitative estimate of drug-likeness (QED) is 0.399. The normalized spacial score (nSPS) is 16.2. The van der Waals surface area contributed by atoms with Crippen molar-refractivity contribution in [1.29, 1.82) is 0 Å². The Labute approximate surface area is 188 Å². The second-order valence-electron chi connectivity index (χ2n) is 8.06. The number of likely N-dealkylation sites (tertiary alicyclic amines) is 1. The Kier molecular flexibility index (Phi) is 5.73. The van der Waals surface area contributed by atoms with Gasteiger partial charge >= 0.3 is 0 Å². The summed E-state index contributed by atoms with van der Waals surface area (Å²) in [6.45, 7) is 0.537. The van der Waals surface area contributed by atoms with Crippen LogP contribution in [0.2, 0.25) is 0 Å². The average Bonchev–Trinajstić information content (AvgIpc) is 3.50. The molecule has 1 aliphatic rings. The molecule has 0 aliphatic carbocycles. The molecule has 0 bridgehead atoms. The summed E-state index contributed by atoms with van der Waals surface area (Å²) in [5, 5.41) is 3.94. The van der Waals surface area contributed by atoms with Crippen LogP contribution in [0, 0.1) is 11.6 Å². The molecule has 2 aromatic carbocycles. The molecule has 1 atom stereocenters. The average molecular weight is 449 g/mol. The van der Waals surface area contributed by atoms with Crippen LogP contribution in [0.1, 0.15) is 53.1 Å². The van der Waals surface area contributed by atoms with Gasteiger partial charge in [-0.15, -0.1) is 0 Å². The molecule has 8 heteroatoms. The largest absolute Gasteiger partial charge is 0.443 e. The highest BCUT2D eigenvalue weighted by Gasteiger charge is 2.33. The van der Waals surface area contributed by atoms with E-state index in [0.717, 1.165) is 18.4 Å². The predicted octanol–water partition coefficient (Wildman–Crippen LogP) is 5.57. The summed E-state index contributed by atoms with van der Waals surface area (Å²) in [4.78, 5) is 19.3. The molecule has 0 saturated carbocycles. The van der Waals surface area contributed by atoms with E-state index in [1.807, 2.05) is 0 Å². The maximum atomic E-state index is 13.5. The molecule has 0 spiro atoms. The first-order chi connectivity index (χ1) is 16.1. The van der Waals surface area contributed by atoms with Crippen LogP contribution in [0.4, 0.5) is 8.78 Å². The molecular formula is C25H21F2N3O3. The molecule has 4 aromatic rings. The van der Waals surface area contributed by atoms with Gasteiger partial charge in [-0.1, -0.05) is 29.4 Å². The molecule has 6 nitrogen and oxygen atoms in total. The van der Waals surface area contributed by atoms with Crippen molar-refractivity contribution >= 4 is 5.91 Å². The number of halogens is 2. The molecule has 2 aromatic heterocycles. The minimum Gasteiger partial charge on any atom is -0.443 e. The topological polar surface area (TPSA) is 72.4 Å². The Morgan fingerprint density at radius 1 is 1.06 bits per heavy atom. The smallest absolute Gasteiger partial charge is 0.293 e. The molecule has 1 saturated heterocycles. The lowest BCUT2D eigenvalue weighted by Gasteiger charge is -2.32. The van der Waals surface area contributed by atoms with Gasteiger partial charge in [0.05, 0.1) is 6.20 Å². The predicted molar refractivity (Wildman–Crippen MR) is 115 cm³/mol. The Morgan fingerprint density at radius 3 is 2.73 bits per heavy atom. The van der Waals surface area contributed by atoms with Gasteiger partial charge in [0, 0.05) is 24.6 Å². The van der Waals surface area contributed by atoms with E-state index >= 15 is 0 Å². The van der Waals surface area contributed by atoms with Crippen molar-refractivity contribution in [1.82, 2.24) is 15.0 Å². The number of oxazole rings is 1. The van der Waals surface area contributed by atoms with E-state index in [4.69, 9.17) is 8.94 Å². The number of piperidine rings is 1. The van der Waals surface area contributed by atoms with Gasteiger partial charge in [0.1, 0.15) is 29.1 Å². The van der Waals surface area contributed by atoms with Crippen LogP contribution in [0.3, 0.4) is 0 Å². The molecule has 0 unspecified atom stereocenters. The van der Waals surface area contributed by atoms with Crippen molar-refractivity contribution in [3.8, 4) is 11.3 Å². The van der Waals surface area contributed by atoms with Crippen molar-refractivity contribution in [2.45, 2.75) is 31.7 Å². The number of aromatic nitrogens is 2. The van der Waals surface area contributed by atoms with Crippen molar-refractivity contribution in [3.05, 3.63) is 95.4 Å². The lowest BCUT2D eigenvalue weighted by molar-refractivity contribution is 0.0528. The molecule has 33 heavy (non-hydrogen) atoms. The molecule has 1 fully saturated rings. The van der Waals surface area contributed by atoms with Crippen molar-refractivity contribution < 1.29 is 22.5 Å². The van der Waals surface area contributed by atoms with E-state index in [-0.39, 0.29) is 29.3 Å². The van der Waals surface area contributed by atoms with Gasteiger partial charge < -0.3 is 13.8 Å². The standard InChI is InChI=1S/C25H21F2N3O3/c26-18-9-7-16(8-10-18)12-20-15-28-24(32-20)22-6-1-2-11-30(22)25(31)23-14-21(29-33-23)17-4-3-5-19(27)13-17/h3-5,7-10,13-15,22H,1-2,6,11-12H2/t22-/m1/s1. The second-order valence-corrected chi connectivity index (χ2v) is 8.06. The molecule has 5 rings (SSSR count). The minimum atomic E-state index is -0.389. The van der Waals surface area contributed by atoms with Crippen LogP contribution in [0.5, 0.6) is 0 Å². The van der Waals surface area contributed by atoms with E-state index < -0.39 is 0 Å². The minimum absolute atomic E-state index is 0.0826. The van der Waals surface area contributed by atoms with Crippen LogP contribution in [0.25, 0.3) is 11.3 Å². The van der Waals surface area contributed by atoms with Crippen LogP contribution in [0.15, 0.2) is 69.7 Å². The van der Waals surface area contributed by atoms with Crippen LogP contribution >= 0.6 is 0 Å². The Bertz CT molecular complexity index is 1270. The van der Waals surface area contributed by atoms with Gasteiger partial charge in [0.15, 0.2) is 0 Å². The second kappa shape index (κ2) is 8.97. The van der Waals surface area contributed by atoms with E-state index in [1.54, 1.807) is 35.4 Å². The van der Waals surface area contributed by atoms with Gasteiger partial charge in [-0.05, 0) is 49.1 Å². The number of hydrogen-bond donors (Lipinski definition) is 0. The van der Waals surface area contributed by atoms with Crippen molar-refractivity contribution in [2.24, 2.45) is 0 Å².